The van der Waals surface area contributed by atoms with Gasteiger partial charge in [-0.15, -0.1) is 11.8 Å². The van der Waals surface area contributed by atoms with Crippen LogP contribution < -0.4 is 5.32 Å². The first-order valence-electron chi connectivity index (χ1n) is 10.1. The fourth-order valence-corrected chi connectivity index (χ4v) is 4.70. The first-order valence-corrected chi connectivity index (χ1v) is 11.9. The number of carbonyl (C=O) groups excluding carboxylic acids is 1. The molecule has 1 aromatic carbocycles. The second-order valence-corrected chi connectivity index (χ2v) is 9.08. The van der Waals surface area contributed by atoms with Gasteiger partial charge < -0.3 is 10.4 Å². The molecule has 0 aromatic heterocycles. The Hall–Kier alpha value is -1.24. The van der Waals surface area contributed by atoms with Gasteiger partial charge in [0.2, 0.25) is 0 Å². The smallest absolute Gasteiger partial charge is 0.326 e. The van der Waals surface area contributed by atoms with Crippen molar-refractivity contribution in [2.75, 3.05) is 12.3 Å². The Kier molecular flexibility index (Phi) is 10.9. The summed E-state index contributed by atoms with van der Waals surface area (Å²) < 4.78 is 0. The van der Waals surface area contributed by atoms with E-state index in [9.17, 15) is 14.7 Å². The van der Waals surface area contributed by atoms with Gasteiger partial charge in [-0.1, -0.05) is 67.8 Å². The van der Waals surface area contributed by atoms with Crippen molar-refractivity contribution in [3.63, 3.8) is 0 Å². The number of carbonyl (C=O) groups is 2. The molecule has 1 heterocycles. The van der Waals surface area contributed by atoms with E-state index in [-0.39, 0.29) is 15.6 Å². The standard InChI is InChI=1S/C21H28Cl2N2O3S/c22-15-9-8-10-16(23)19(15)20(26)25-17(21(27)28)11-6-4-2-1-3-5-7-12-18-24-13-14-29-18/h8-10,17H,1-7,11-14H2,(H,25,26)(H,27,28)/t17-/m0/s1. The molecule has 1 atom stereocenters. The summed E-state index contributed by atoms with van der Waals surface area (Å²) in [5, 5.41) is 13.7. The van der Waals surface area contributed by atoms with Gasteiger partial charge in [-0.05, 0) is 31.4 Å². The van der Waals surface area contributed by atoms with Crippen LogP contribution in [0.3, 0.4) is 0 Å². The predicted molar refractivity (Wildman–Crippen MR) is 122 cm³/mol. The summed E-state index contributed by atoms with van der Waals surface area (Å²) >= 11 is 13.9. The number of thioether (sulfide) groups is 1. The molecule has 0 aliphatic carbocycles. The molecule has 1 aliphatic rings. The third kappa shape index (κ3) is 8.57. The topological polar surface area (TPSA) is 78.8 Å². The molecule has 0 spiro atoms. The van der Waals surface area contributed by atoms with Crippen LogP contribution in [0.25, 0.3) is 0 Å². The average Bonchev–Trinajstić information content (AvgIpc) is 3.19. The monoisotopic (exact) mass is 458 g/mol. The van der Waals surface area contributed by atoms with Gasteiger partial charge in [0, 0.05) is 12.3 Å². The van der Waals surface area contributed by atoms with Crippen LogP contribution in [0.5, 0.6) is 0 Å². The number of halogens is 2. The summed E-state index contributed by atoms with van der Waals surface area (Å²) in [6.07, 6.45) is 9.04. The molecule has 0 fully saturated rings. The highest BCUT2D eigenvalue weighted by atomic mass is 35.5. The summed E-state index contributed by atoms with van der Waals surface area (Å²) in [6, 6.07) is 3.80. The summed E-state index contributed by atoms with van der Waals surface area (Å²) in [5.74, 6) is -0.467. The van der Waals surface area contributed by atoms with Crippen LogP contribution in [-0.4, -0.2) is 40.4 Å². The molecule has 1 amide bonds. The number of hydrogen-bond donors (Lipinski definition) is 2. The lowest BCUT2D eigenvalue weighted by Crippen LogP contribution is -2.41. The van der Waals surface area contributed by atoms with Gasteiger partial charge in [-0.3, -0.25) is 9.79 Å². The van der Waals surface area contributed by atoms with E-state index in [1.165, 1.54) is 24.3 Å². The highest BCUT2D eigenvalue weighted by Gasteiger charge is 2.23. The molecule has 8 heteroatoms. The summed E-state index contributed by atoms with van der Waals surface area (Å²) in [6.45, 7) is 0.975. The second kappa shape index (κ2) is 13.1. The maximum atomic E-state index is 12.4. The lowest BCUT2D eigenvalue weighted by molar-refractivity contribution is -0.139. The van der Waals surface area contributed by atoms with Crippen molar-refractivity contribution in [3.8, 4) is 0 Å². The number of hydrogen-bond acceptors (Lipinski definition) is 4. The fraction of sp³-hybridized carbons (Fsp3) is 0.571. The zero-order valence-electron chi connectivity index (χ0n) is 16.5. The Morgan fingerprint density at radius 1 is 1.07 bits per heavy atom. The van der Waals surface area contributed by atoms with Gasteiger partial charge in [0.05, 0.1) is 20.7 Å². The molecule has 0 unspecified atom stereocenters. The molecule has 1 aromatic rings. The number of nitrogens with one attached hydrogen (secondary N) is 1. The number of nitrogens with zero attached hydrogens (tertiary/aromatic N) is 1. The Bertz CT molecular complexity index is 708. The molecule has 5 nitrogen and oxygen atoms in total. The van der Waals surface area contributed by atoms with Gasteiger partial charge in [-0.25, -0.2) is 4.79 Å². The minimum Gasteiger partial charge on any atom is -0.480 e. The first-order chi connectivity index (χ1) is 14.0. The second-order valence-electron chi connectivity index (χ2n) is 7.10. The van der Waals surface area contributed by atoms with Crippen molar-refractivity contribution in [3.05, 3.63) is 33.8 Å². The first kappa shape index (κ1) is 24.0. The fourth-order valence-electron chi connectivity index (χ4n) is 3.24. The maximum absolute atomic E-state index is 12.4. The number of benzene rings is 1. The molecule has 2 N–H and O–H groups in total. The van der Waals surface area contributed by atoms with Crippen molar-refractivity contribution in [2.45, 2.75) is 63.8 Å². The van der Waals surface area contributed by atoms with E-state index in [2.05, 4.69) is 10.3 Å². The van der Waals surface area contributed by atoms with Crippen LogP contribution in [0.1, 0.15) is 68.1 Å². The number of carboxylic acid groups (broad SMARTS) is 1. The average molecular weight is 459 g/mol. The van der Waals surface area contributed by atoms with Crippen molar-refractivity contribution < 1.29 is 14.7 Å². The lowest BCUT2D eigenvalue weighted by Gasteiger charge is -2.15. The number of unbranched alkanes of at least 4 members (excludes halogenated alkanes) is 6. The normalized spacial score (nSPS) is 14.5. The summed E-state index contributed by atoms with van der Waals surface area (Å²) in [4.78, 5) is 28.3. The molecule has 2 rings (SSSR count). The highest BCUT2D eigenvalue weighted by molar-refractivity contribution is 8.14. The van der Waals surface area contributed by atoms with Crippen molar-refractivity contribution >= 4 is 51.9 Å². The predicted octanol–water partition coefficient (Wildman–Crippen LogP) is 5.83. The number of carboxylic acids is 1. The summed E-state index contributed by atoms with van der Waals surface area (Å²) in [5.41, 5.74) is 0.115. The zero-order valence-corrected chi connectivity index (χ0v) is 18.8. The maximum Gasteiger partial charge on any atom is 0.326 e. The molecule has 0 bridgehead atoms. The van der Waals surface area contributed by atoms with E-state index >= 15 is 0 Å². The Labute approximate surface area is 186 Å². The third-order valence-electron chi connectivity index (χ3n) is 4.82. The molecular formula is C21H28Cl2N2O3S. The molecule has 0 saturated carbocycles. The quantitative estimate of drug-likeness (QED) is 0.364. The van der Waals surface area contributed by atoms with Crippen molar-refractivity contribution in [2.24, 2.45) is 4.99 Å². The number of aliphatic imine (C=N–C) groups is 1. The number of rotatable bonds is 13. The van der Waals surface area contributed by atoms with Crippen LogP contribution >= 0.6 is 35.0 Å². The SMILES string of the molecule is O=C(N[C@@H](CCCCCCCCCC1=NCCS1)C(=O)O)c1c(Cl)cccc1Cl. The van der Waals surface area contributed by atoms with Crippen molar-refractivity contribution in [1.82, 2.24) is 5.32 Å². The van der Waals surface area contributed by atoms with Crippen LogP contribution in [0, 0.1) is 0 Å². The molecular weight excluding hydrogens is 431 g/mol. The van der Waals surface area contributed by atoms with Crippen LogP contribution in [-0.2, 0) is 4.79 Å². The minimum atomic E-state index is -1.05. The highest BCUT2D eigenvalue weighted by Crippen LogP contribution is 2.24. The minimum absolute atomic E-state index is 0.115. The third-order valence-corrected chi connectivity index (χ3v) is 6.51. The van der Waals surface area contributed by atoms with Gasteiger partial charge in [0.15, 0.2) is 0 Å². The summed E-state index contributed by atoms with van der Waals surface area (Å²) in [7, 11) is 0. The van der Waals surface area contributed by atoms with E-state index in [1.54, 1.807) is 18.2 Å². The van der Waals surface area contributed by atoms with Crippen LogP contribution in [0.2, 0.25) is 10.0 Å². The van der Waals surface area contributed by atoms with E-state index in [0.717, 1.165) is 44.4 Å². The van der Waals surface area contributed by atoms with Crippen LogP contribution in [0.15, 0.2) is 23.2 Å². The molecule has 1 aliphatic heterocycles. The zero-order chi connectivity index (χ0) is 21.1. The van der Waals surface area contributed by atoms with Crippen molar-refractivity contribution in [1.29, 1.82) is 0 Å². The molecule has 0 radical (unpaired) electrons. The van der Waals surface area contributed by atoms with E-state index < -0.39 is 17.9 Å². The van der Waals surface area contributed by atoms with E-state index in [0.29, 0.717) is 6.42 Å². The Morgan fingerprint density at radius 2 is 1.69 bits per heavy atom. The lowest BCUT2D eigenvalue weighted by atomic mass is 10.0. The number of amides is 1. The molecule has 160 valence electrons. The van der Waals surface area contributed by atoms with E-state index in [4.69, 9.17) is 23.2 Å². The number of aliphatic carboxylic acids is 1. The van der Waals surface area contributed by atoms with Gasteiger partial charge in [-0.2, -0.15) is 0 Å². The van der Waals surface area contributed by atoms with Gasteiger partial charge in [0.25, 0.3) is 5.91 Å². The van der Waals surface area contributed by atoms with Crippen LogP contribution in [0.4, 0.5) is 0 Å². The Morgan fingerprint density at radius 3 is 2.28 bits per heavy atom. The van der Waals surface area contributed by atoms with Gasteiger partial charge >= 0.3 is 5.97 Å². The largest absolute Gasteiger partial charge is 0.480 e. The Balaban J connectivity index is 1.61. The van der Waals surface area contributed by atoms with Gasteiger partial charge in [0.1, 0.15) is 6.04 Å². The molecule has 29 heavy (non-hydrogen) atoms. The van der Waals surface area contributed by atoms with E-state index in [1.807, 2.05) is 11.8 Å². The molecule has 0 saturated heterocycles.